The number of para-hydroxylation sites is 1. The molecule has 8 nitrogen and oxygen atoms in total. The van der Waals surface area contributed by atoms with Crippen molar-refractivity contribution in [3.63, 3.8) is 0 Å². The van der Waals surface area contributed by atoms with E-state index in [1.54, 1.807) is 19.1 Å². The number of nitrogens with one attached hydrogen (secondary N) is 2. The Labute approximate surface area is 252 Å². The van der Waals surface area contributed by atoms with Crippen LogP contribution in [0.4, 0.5) is 10.1 Å². The SMILES string of the molecule is CCS(=O)(=O)Nc1cc2oc(-c3ccc(F)cc3)c(C(=O)NC)c2cc1-c1ccc2ccn3c4ccccc4c(C)c3c2n1. The number of nitrogens with zero attached hydrogens (tertiary/aromatic N) is 2. The fourth-order valence-electron chi connectivity index (χ4n) is 5.81. The van der Waals surface area contributed by atoms with Gasteiger partial charge in [0.25, 0.3) is 5.91 Å². The molecule has 0 spiro atoms. The van der Waals surface area contributed by atoms with Crippen LogP contribution >= 0.6 is 0 Å². The summed E-state index contributed by atoms with van der Waals surface area (Å²) in [6.07, 6.45) is 2.03. The first-order chi connectivity index (χ1) is 21.2. The summed E-state index contributed by atoms with van der Waals surface area (Å²) in [5.41, 5.74) is 6.15. The second-order valence-electron chi connectivity index (χ2n) is 10.6. The lowest BCUT2D eigenvalue weighted by atomic mass is 10.0. The smallest absolute Gasteiger partial charge is 0.255 e. The zero-order valence-electron chi connectivity index (χ0n) is 24.1. The predicted octanol–water partition coefficient (Wildman–Crippen LogP) is 7.29. The van der Waals surface area contributed by atoms with Crippen molar-refractivity contribution in [1.82, 2.24) is 14.7 Å². The van der Waals surface area contributed by atoms with Gasteiger partial charge in [0.15, 0.2) is 0 Å². The van der Waals surface area contributed by atoms with E-state index < -0.39 is 21.7 Å². The number of aryl methyl sites for hydroxylation is 1. The standard InChI is InChI=1S/C34H27FN4O4S/c1-4-44(41,42)38-27-18-29-25(30(34(40)36-3)33(43-29)21-9-12-22(35)13-10-21)17-24(27)26-14-11-20-15-16-39-28-8-6-5-7-23(28)19(2)32(39)31(20)37-26/h5-18,38H,4H2,1-3H3,(H,36,40). The highest BCUT2D eigenvalue weighted by Gasteiger charge is 2.25. The number of benzene rings is 3. The molecule has 44 heavy (non-hydrogen) atoms. The molecular weight excluding hydrogens is 579 g/mol. The summed E-state index contributed by atoms with van der Waals surface area (Å²) in [7, 11) is -2.18. The average molecular weight is 607 g/mol. The summed E-state index contributed by atoms with van der Waals surface area (Å²) in [6, 6.07) is 22.9. The minimum absolute atomic E-state index is 0.144. The van der Waals surface area contributed by atoms with Gasteiger partial charge in [0.1, 0.15) is 17.2 Å². The Hall–Kier alpha value is -5.22. The molecule has 220 valence electrons. The Morgan fingerprint density at radius 2 is 1.77 bits per heavy atom. The topological polar surface area (TPSA) is 106 Å². The van der Waals surface area contributed by atoms with Crippen LogP contribution in [-0.4, -0.2) is 36.5 Å². The zero-order chi connectivity index (χ0) is 30.7. The van der Waals surface area contributed by atoms with Crippen LogP contribution in [0.3, 0.4) is 0 Å². The molecule has 10 heteroatoms. The van der Waals surface area contributed by atoms with Crippen molar-refractivity contribution in [2.24, 2.45) is 0 Å². The Bertz CT molecular complexity index is 2390. The fourth-order valence-corrected chi connectivity index (χ4v) is 6.46. The van der Waals surface area contributed by atoms with E-state index in [2.05, 4.69) is 33.5 Å². The fraction of sp³-hybridized carbons (Fsp3) is 0.118. The van der Waals surface area contributed by atoms with Crippen LogP contribution in [0, 0.1) is 12.7 Å². The normalized spacial score (nSPS) is 12.0. The van der Waals surface area contributed by atoms with E-state index in [4.69, 9.17) is 9.40 Å². The number of aromatic nitrogens is 2. The number of carbonyl (C=O) groups is 1. The van der Waals surface area contributed by atoms with Crippen LogP contribution in [0.5, 0.6) is 0 Å². The van der Waals surface area contributed by atoms with Crippen LogP contribution in [0.15, 0.2) is 89.5 Å². The third-order valence-electron chi connectivity index (χ3n) is 8.03. The van der Waals surface area contributed by atoms with Crippen molar-refractivity contribution in [3.05, 3.63) is 102 Å². The first kappa shape index (κ1) is 27.6. The van der Waals surface area contributed by atoms with E-state index >= 15 is 0 Å². The molecule has 0 saturated heterocycles. The van der Waals surface area contributed by atoms with E-state index in [1.165, 1.54) is 31.3 Å². The van der Waals surface area contributed by atoms with Gasteiger partial charge in [-0.05, 0) is 67.9 Å². The molecule has 4 heterocycles. The van der Waals surface area contributed by atoms with Gasteiger partial charge in [0.2, 0.25) is 10.0 Å². The van der Waals surface area contributed by atoms with Gasteiger partial charge in [-0.15, -0.1) is 0 Å². The second-order valence-corrected chi connectivity index (χ2v) is 12.6. The molecule has 2 N–H and O–H groups in total. The summed E-state index contributed by atoms with van der Waals surface area (Å²) in [5, 5.41) is 5.17. The van der Waals surface area contributed by atoms with Gasteiger partial charge < -0.3 is 14.1 Å². The van der Waals surface area contributed by atoms with Crippen molar-refractivity contribution >= 4 is 59.9 Å². The number of sulfonamides is 1. The van der Waals surface area contributed by atoms with Gasteiger partial charge in [-0.3, -0.25) is 9.52 Å². The van der Waals surface area contributed by atoms with Crippen molar-refractivity contribution in [2.45, 2.75) is 13.8 Å². The molecule has 7 aromatic rings. The number of hydrogen-bond donors (Lipinski definition) is 2. The highest BCUT2D eigenvalue weighted by atomic mass is 32.2. The number of rotatable bonds is 6. The number of amides is 1. The number of hydrogen-bond acceptors (Lipinski definition) is 5. The lowest BCUT2D eigenvalue weighted by Crippen LogP contribution is -2.18. The summed E-state index contributed by atoms with van der Waals surface area (Å²) in [5.74, 6) is -0.731. The molecule has 1 amide bonds. The van der Waals surface area contributed by atoms with E-state index in [0.717, 1.165) is 32.9 Å². The Morgan fingerprint density at radius 1 is 1.00 bits per heavy atom. The largest absolute Gasteiger partial charge is 0.455 e. The lowest BCUT2D eigenvalue weighted by molar-refractivity contribution is 0.0964. The molecular formula is C34H27FN4O4S. The Morgan fingerprint density at radius 3 is 2.52 bits per heavy atom. The maximum atomic E-state index is 13.7. The van der Waals surface area contributed by atoms with Gasteiger partial charge >= 0.3 is 0 Å². The van der Waals surface area contributed by atoms with Crippen LogP contribution in [0.25, 0.3) is 60.9 Å². The summed E-state index contributed by atoms with van der Waals surface area (Å²) in [6.45, 7) is 3.62. The summed E-state index contributed by atoms with van der Waals surface area (Å²) in [4.78, 5) is 18.3. The molecule has 0 fully saturated rings. The molecule has 4 aromatic heterocycles. The number of anilines is 1. The van der Waals surface area contributed by atoms with Crippen molar-refractivity contribution < 1.29 is 22.0 Å². The third-order valence-corrected chi connectivity index (χ3v) is 9.32. The second kappa shape index (κ2) is 10.2. The molecule has 0 aliphatic heterocycles. The number of carbonyl (C=O) groups excluding carboxylic acids is 1. The zero-order valence-corrected chi connectivity index (χ0v) is 24.9. The maximum absolute atomic E-state index is 13.7. The minimum atomic E-state index is -3.70. The number of halogens is 1. The highest BCUT2D eigenvalue weighted by Crippen LogP contribution is 2.40. The van der Waals surface area contributed by atoms with Crippen molar-refractivity contribution in [1.29, 1.82) is 0 Å². The molecule has 0 aliphatic rings. The molecule has 0 radical (unpaired) electrons. The first-order valence-electron chi connectivity index (χ1n) is 14.1. The monoisotopic (exact) mass is 606 g/mol. The van der Waals surface area contributed by atoms with Crippen LogP contribution in [-0.2, 0) is 10.0 Å². The minimum Gasteiger partial charge on any atom is -0.455 e. The van der Waals surface area contributed by atoms with Gasteiger partial charge in [0, 0.05) is 46.6 Å². The maximum Gasteiger partial charge on any atom is 0.255 e. The highest BCUT2D eigenvalue weighted by molar-refractivity contribution is 7.92. The van der Waals surface area contributed by atoms with Gasteiger partial charge in [-0.25, -0.2) is 17.8 Å². The number of pyridine rings is 2. The van der Waals surface area contributed by atoms with Gasteiger partial charge in [-0.1, -0.05) is 24.3 Å². The van der Waals surface area contributed by atoms with Gasteiger partial charge in [0.05, 0.1) is 39.2 Å². The van der Waals surface area contributed by atoms with Crippen LogP contribution < -0.4 is 10.0 Å². The summed E-state index contributed by atoms with van der Waals surface area (Å²) < 4.78 is 50.4. The van der Waals surface area contributed by atoms with Crippen LogP contribution in [0.1, 0.15) is 22.8 Å². The van der Waals surface area contributed by atoms with E-state index in [1.807, 2.05) is 36.5 Å². The average Bonchev–Trinajstić information content (AvgIpc) is 3.55. The number of fused-ring (bicyclic) bond motifs is 6. The Balaban J connectivity index is 1.53. The predicted molar refractivity (Wildman–Crippen MR) is 172 cm³/mol. The van der Waals surface area contributed by atoms with Gasteiger partial charge in [-0.2, -0.15) is 0 Å². The molecule has 0 bridgehead atoms. The first-order valence-corrected chi connectivity index (χ1v) is 15.7. The van der Waals surface area contributed by atoms with E-state index in [-0.39, 0.29) is 28.3 Å². The molecule has 0 aliphatic carbocycles. The van der Waals surface area contributed by atoms with E-state index in [9.17, 15) is 17.6 Å². The third kappa shape index (κ3) is 4.37. The molecule has 0 atom stereocenters. The molecule has 0 saturated carbocycles. The van der Waals surface area contributed by atoms with Crippen molar-refractivity contribution in [2.75, 3.05) is 17.5 Å². The van der Waals surface area contributed by atoms with Crippen molar-refractivity contribution in [3.8, 4) is 22.6 Å². The lowest BCUT2D eigenvalue weighted by Gasteiger charge is -2.13. The quantitative estimate of drug-likeness (QED) is 0.207. The molecule has 3 aromatic carbocycles. The van der Waals surface area contributed by atoms with Crippen LogP contribution in [0.2, 0.25) is 0 Å². The van der Waals surface area contributed by atoms with E-state index in [0.29, 0.717) is 22.2 Å². The summed E-state index contributed by atoms with van der Waals surface area (Å²) >= 11 is 0. The molecule has 7 rings (SSSR count). The number of furan rings is 1. The molecule has 0 unspecified atom stereocenters. The Kier molecular flexibility index (Phi) is 6.40.